The lowest BCUT2D eigenvalue weighted by Crippen LogP contribution is -2.29. The van der Waals surface area contributed by atoms with Gasteiger partial charge < -0.3 is 20.1 Å². The standard InChI is InChI=1S/C46H80NO8P/c1-3-5-7-9-11-13-15-16-17-18-19-20-21-22-23-24-25-26-27-28-29-31-33-35-37-39-46(49)55-44(43-54-56(50,51)53-41-40-47)42-52-45(48)38-36-34-32-30-14-12-10-8-6-4-2/h5,7-8,10-11,13,16-17,19-20,22-23,44H,3-4,6,9,12,14-15,18,21,24-43,47H2,1-2H3,(H,50,51)/b7-5-,10-8-,13-11-,17-16-,20-19-,23-22-. The third-order valence-corrected chi connectivity index (χ3v) is 9.79. The molecule has 2 atom stereocenters. The lowest BCUT2D eigenvalue weighted by atomic mass is 10.1. The summed E-state index contributed by atoms with van der Waals surface area (Å²) in [6.07, 6.45) is 50.9. The Kier molecular flexibility index (Phi) is 40.2. The smallest absolute Gasteiger partial charge is 0.462 e. The van der Waals surface area contributed by atoms with Gasteiger partial charge in [0, 0.05) is 19.4 Å². The van der Waals surface area contributed by atoms with Crippen LogP contribution in [0.2, 0.25) is 0 Å². The molecule has 0 bridgehead atoms. The van der Waals surface area contributed by atoms with Crippen molar-refractivity contribution in [2.24, 2.45) is 5.73 Å². The Labute approximate surface area is 341 Å². The zero-order chi connectivity index (χ0) is 41.1. The number of hydrogen-bond donors (Lipinski definition) is 2. The molecule has 2 unspecified atom stereocenters. The SMILES string of the molecule is CC/C=C\C/C=C\C/C=C\C/C=C\C/C=C\CCCCCCCCCCCC(=O)OC(COC(=O)CCCCCCC/C=C\CCC)COP(=O)(O)OCCN. The van der Waals surface area contributed by atoms with Crippen molar-refractivity contribution in [3.63, 3.8) is 0 Å². The van der Waals surface area contributed by atoms with Gasteiger partial charge in [-0.1, -0.05) is 157 Å². The van der Waals surface area contributed by atoms with Gasteiger partial charge in [0.2, 0.25) is 0 Å². The molecule has 322 valence electrons. The van der Waals surface area contributed by atoms with Crippen LogP contribution in [-0.2, 0) is 32.7 Å². The predicted octanol–water partition coefficient (Wildman–Crippen LogP) is 12.7. The van der Waals surface area contributed by atoms with Gasteiger partial charge in [0.1, 0.15) is 6.61 Å². The van der Waals surface area contributed by atoms with Crippen molar-refractivity contribution in [3.05, 3.63) is 72.9 Å². The Morgan fingerprint density at radius 2 is 0.982 bits per heavy atom. The maximum absolute atomic E-state index is 12.6. The predicted molar refractivity (Wildman–Crippen MR) is 233 cm³/mol. The first-order chi connectivity index (χ1) is 27.3. The van der Waals surface area contributed by atoms with E-state index in [1.807, 2.05) is 0 Å². The molecule has 0 rings (SSSR count). The number of carbonyl (C=O) groups is 2. The highest BCUT2D eigenvalue weighted by Crippen LogP contribution is 2.43. The molecule has 0 aliphatic carbocycles. The average molecular weight is 806 g/mol. The summed E-state index contributed by atoms with van der Waals surface area (Å²) in [6, 6.07) is 0. The Balaban J connectivity index is 4.08. The van der Waals surface area contributed by atoms with E-state index in [0.29, 0.717) is 6.42 Å². The molecule has 0 heterocycles. The number of esters is 2. The van der Waals surface area contributed by atoms with Crippen LogP contribution in [-0.4, -0.2) is 49.3 Å². The Hall–Kier alpha value is -2.55. The summed E-state index contributed by atoms with van der Waals surface area (Å²) >= 11 is 0. The van der Waals surface area contributed by atoms with Crippen molar-refractivity contribution in [2.75, 3.05) is 26.4 Å². The number of hydrogen-bond acceptors (Lipinski definition) is 8. The van der Waals surface area contributed by atoms with E-state index in [0.717, 1.165) is 103 Å². The molecule has 0 aromatic carbocycles. The molecular weight excluding hydrogens is 725 g/mol. The summed E-state index contributed by atoms with van der Waals surface area (Å²) in [6.45, 7) is 3.52. The number of rotatable bonds is 40. The van der Waals surface area contributed by atoms with Crippen molar-refractivity contribution < 1.29 is 37.6 Å². The summed E-state index contributed by atoms with van der Waals surface area (Å²) in [4.78, 5) is 34.8. The number of phosphoric ester groups is 1. The first-order valence-electron chi connectivity index (χ1n) is 21.9. The van der Waals surface area contributed by atoms with Gasteiger partial charge in [-0.15, -0.1) is 0 Å². The molecule has 0 saturated heterocycles. The van der Waals surface area contributed by atoms with Crippen molar-refractivity contribution in [3.8, 4) is 0 Å². The van der Waals surface area contributed by atoms with Crippen molar-refractivity contribution in [1.82, 2.24) is 0 Å². The van der Waals surface area contributed by atoms with E-state index in [1.54, 1.807) is 0 Å². The van der Waals surface area contributed by atoms with Gasteiger partial charge >= 0.3 is 19.8 Å². The molecule has 9 nitrogen and oxygen atoms in total. The Morgan fingerprint density at radius 1 is 0.554 bits per heavy atom. The summed E-state index contributed by atoms with van der Waals surface area (Å²) in [5.74, 6) is -0.854. The molecule has 56 heavy (non-hydrogen) atoms. The van der Waals surface area contributed by atoms with Gasteiger partial charge in [0.05, 0.1) is 13.2 Å². The second kappa shape index (κ2) is 42.1. The van der Waals surface area contributed by atoms with E-state index >= 15 is 0 Å². The van der Waals surface area contributed by atoms with Gasteiger partial charge in [0.25, 0.3) is 0 Å². The minimum atomic E-state index is -4.38. The molecular formula is C46H80NO8P. The van der Waals surface area contributed by atoms with Gasteiger partial charge in [-0.2, -0.15) is 0 Å². The van der Waals surface area contributed by atoms with Crippen LogP contribution >= 0.6 is 7.82 Å². The lowest BCUT2D eigenvalue weighted by molar-refractivity contribution is -0.161. The second-order valence-electron chi connectivity index (χ2n) is 14.2. The van der Waals surface area contributed by atoms with Crippen LogP contribution in [0.3, 0.4) is 0 Å². The van der Waals surface area contributed by atoms with Crippen LogP contribution in [0, 0.1) is 0 Å². The maximum Gasteiger partial charge on any atom is 0.472 e. The number of nitrogens with two attached hydrogens (primary N) is 1. The third-order valence-electron chi connectivity index (χ3n) is 8.81. The summed E-state index contributed by atoms with van der Waals surface area (Å²) in [7, 11) is -4.38. The topological polar surface area (TPSA) is 134 Å². The van der Waals surface area contributed by atoms with Gasteiger partial charge in [-0.05, 0) is 77.0 Å². The van der Waals surface area contributed by atoms with Crippen LogP contribution in [0.4, 0.5) is 0 Å². The largest absolute Gasteiger partial charge is 0.472 e. The number of ether oxygens (including phenoxy) is 2. The molecule has 0 saturated carbocycles. The van der Waals surface area contributed by atoms with E-state index in [4.69, 9.17) is 24.3 Å². The normalized spacial score (nSPS) is 14.0. The Bertz CT molecular complexity index is 1150. The monoisotopic (exact) mass is 806 g/mol. The molecule has 3 N–H and O–H groups in total. The fourth-order valence-corrected chi connectivity index (χ4v) is 6.37. The second-order valence-corrected chi connectivity index (χ2v) is 15.6. The highest BCUT2D eigenvalue weighted by Gasteiger charge is 2.26. The molecule has 0 fully saturated rings. The van der Waals surface area contributed by atoms with Crippen LogP contribution < -0.4 is 5.73 Å². The van der Waals surface area contributed by atoms with Gasteiger partial charge in [0.15, 0.2) is 6.10 Å². The van der Waals surface area contributed by atoms with E-state index in [2.05, 4.69) is 86.8 Å². The maximum atomic E-state index is 12.6. The van der Waals surface area contributed by atoms with E-state index in [9.17, 15) is 19.0 Å². The van der Waals surface area contributed by atoms with Crippen LogP contribution in [0.15, 0.2) is 72.9 Å². The first-order valence-corrected chi connectivity index (χ1v) is 23.4. The fraction of sp³-hybridized carbons (Fsp3) is 0.696. The first kappa shape index (κ1) is 53.5. The third kappa shape index (κ3) is 41.1. The van der Waals surface area contributed by atoms with E-state index in [-0.39, 0.29) is 32.6 Å². The molecule has 0 spiro atoms. The van der Waals surface area contributed by atoms with Crippen LogP contribution in [0.25, 0.3) is 0 Å². The highest BCUT2D eigenvalue weighted by molar-refractivity contribution is 7.47. The van der Waals surface area contributed by atoms with Gasteiger partial charge in [-0.3, -0.25) is 18.6 Å². The number of allylic oxidation sites excluding steroid dienone is 12. The molecule has 0 aromatic rings. The average Bonchev–Trinajstić information content (AvgIpc) is 3.18. The molecule has 0 aliphatic rings. The zero-order valence-electron chi connectivity index (χ0n) is 35.3. The molecule has 0 aliphatic heterocycles. The zero-order valence-corrected chi connectivity index (χ0v) is 36.2. The number of phosphoric acid groups is 1. The van der Waals surface area contributed by atoms with Crippen LogP contribution in [0.1, 0.15) is 174 Å². The quantitative estimate of drug-likeness (QED) is 0.0268. The molecule has 0 amide bonds. The molecule has 10 heteroatoms. The number of carbonyl (C=O) groups excluding carboxylic acids is 2. The summed E-state index contributed by atoms with van der Waals surface area (Å²) < 4.78 is 32.7. The Morgan fingerprint density at radius 3 is 1.48 bits per heavy atom. The van der Waals surface area contributed by atoms with E-state index < -0.39 is 32.5 Å². The van der Waals surface area contributed by atoms with Crippen molar-refractivity contribution in [2.45, 2.75) is 180 Å². The minimum absolute atomic E-state index is 0.0480. The lowest BCUT2D eigenvalue weighted by Gasteiger charge is -2.19. The van der Waals surface area contributed by atoms with Crippen molar-refractivity contribution in [1.29, 1.82) is 0 Å². The molecule has 0 radical (unpaired) electrons. The minimum Gasteiger partial charge on any atom is -0.462 e. The molecule has 0 aromatic heterocycles. The summed E-state index contributed by atoms with van der Waals surface area (Å²) in [5.41, 5.74) is 5.34. The van der Waals surface area contributed by atoms with Gasteiger partial charge in [-0.25, -0.2) is 4.57 Å². The highest BCUT2D eigenvalue weighted by atomic mass is 31.2. The fourth-order valence-electron chi connectivity index (χ4n) is 5.60. The number of unbranched alkanes of at least 4 members (excludes halogenated alkanes) is 15. The summed E-state index contributed by atoms with van der Waals surface area (Å²) in [5, 5.41) is 0. The van der Waals surface area contributed by atoms with Crippen LogP contribution in [0.5, 0.6) is 0 Å². The van der Waals surface area contributed by atoms with Crippen molar-refractivity contribution >= 4 is 19.8 Å². The van der Waals surface area contributed by atoms with E-state index in [1.165, 1.54) is 38.5 Å².